The molecule has 0 aromatic rings. The number of carbonyl (C=O) groups is 4. The largest absolute Gasteiger partial charge is 0.464 e. The second-order valence-corrected chi connectivity index (χ2v) is 8.64. The smallest absolute Gasteiger partial charge is 0.332 e. The summed E-state index contributed by atoms with van der Waals surface area (Å²) < 4.78 is 10.5. The van der Waals surface area contributed by atoms with Crippen molar-refractivity contribution < 1.29 is 28.7 Å². The first-order chi connectivity index (χ1) is 14.8. The fourth-order valence-electron chi connectivity index (χ4n) is 4.52. The first kappa shape index (κ1) is 23.2. The molecule has 1 aliphatic carbocycles. The third-order valence-corrected chi connectivity index (χ3v) is 6.25. The van der Waals surface area contributed by atoms with Gasteiger partial charge in [-0.1, -0.05) is 25.0 Å². The molecule has 3 aliphatic rings. The summed E-state index contributed by atoms with van der Waals surface area (Å²) in [5, 5.41) is 2.86. The molecule has 2 fully saturated rings. The molecule has 0 bridgehead atoms. The van der Waals surface area contributed by atoms with Crippen LogP contribution >= 0.6 is 0 Å². The van der Waals surface area contributed by atoms with Crippen LogP contribution in [0.1, 0.15) is 58.8 Å². The first-order valence-electron chi connectivity index (χ1n) is 11.2. The molecule has 0 spiro atoms. The second kappa shape index (κ2) is 9.80. The van der Waals surface area contributed by atoms with E-state index in [-0.39, 0.29) is 31.4 Å². The third-order valence-electron chi connectivity index (χ3n) is 6.25. The lowest BCUT2D eigenvalue weighted by Crippen LogP contribution is -2.55. The summed E-state index contributed by atoms with van der Waals surface area (Å²) in [7, 11) is 0. The van der Waals surface area contributed by atoms with Gasteiger partial charge in [-0.25, -0.2) is 4.79 Å². The van der Waals surface area contributed by atoms with Gasteiger partial charge in [0.2, 0.25) is 11.8 Å². The highest BCUT2D eigenvalue weighted by molar-refractivity contribution is 5.96. The van der Waals surface area contributed by atoms with Crippen LogP contribution in [0.15, 0.2) is 12.2 Å². The highest BCUT2D eigenvalue weighted by Gasteiger charge is 2.62. The van der Waals surface area contributed by atoms with E-state index >= 15 is 0 Å². The number of amides is 2. The van der Waals surface area contributed by atoms with Crippen molar-refractivity contribution in [3.8, 4) is 0 Å². The van der Waals surface area contributed by atoms with E-state index < -0.39 is 41.6 Å². The summed E-state index contributed by atoms with van der Waals surface area (Å²) >= 11 is 0. The summed E-state index contributed by atoms with van der Waals surface area (Å²) in [5.41, 5.74) is 5.03. The number of ether oxygens (including phenoxy) is 2. The standard InChI is InChI=1S/C22H33N3O6/c1-3-30-21(29)22-12-15(22)9-7-5-4-6-8-10-17(23)20(28)25-13-16(31-14(2)26)11-18(25)19(27)24-22/h7,9,15-18H,3-6,8,10-13,23H2,1-2H3,(H,24,27)/b9-7-/t15-,16+,17-,18-,22+/m0/s1. The van der Waals surface area contributed by atoms with E-state index in [4.69, 9.17) is 15.2 Å². The molecule has 3 N–H and O–H groups in total. The van der Waals surface area contributed by atoms with Crippen molar-refractivity contribution in [3.63, 3.8) is 0 Å². The quantitative estimate of drug-likeness (QED) is 0.496. The van der Waals surface area contributed by atoms with Gasteiger partial charge in [-0.05, 0) is 32.6 Å². The zero-order chi connectivity index (χ0) is 22.6. The van der Waals surface area contributed by atoms with Crippen molar-refractivity contribution >= 4 is 23.8 Å². The van der Waals surface area contributed by atoms with Crippen LogP contribution < -0.4 is 11.1 Å². The zero-order valence-corrected chi connectivity index (χ0v) is 18.3. The van der Waals surface area contributed by atoms with Crippen molar-refractivity contribution in [1.29, 1.82) is 0 Å². The van der Waals surface area contributed by atoms with Crippen LogP contribution in [0.25, 0.3) is 0 Å². The average molecular weight is 436 g/mol. The number of allylic oxidation sites excluding steroid dienone is 1. The van der Waals surface area contributed by atoms with Gasteiger partial charge in [-0.2, -0.15) is 0 Å². The lowest BCUT2D eigenvalue weighted by Gasteiger charge is -2.28. The molecule has 2 amide bonds. The maximum Gasteiger partial charge on any atom is 0.332 e. The number of nitrogens with zero attached hydrogens (tertiary/aromatic N) is 1. The normalized spacial score (nSPS) is 35.0. The maximum atomic E-state index is 13.2. The number of hydrogen-bond donors (Lipinski definition) is 2. The van der Waals surface area contributed by atoms with Crippen LogP contribution in [0.4, 0.5) is 0 Å². The van der Waals surface area contributed by atoms with Crippen molar-refractivity contribution in [1.82, 2.24) is 10.2 Å². The van der Waals surface area contributed by atoms with Crippen LogP contribution in [0, 0.1) is 5.92 Å². The Morgan fingerprint density at radius 2 is 2.06 bits per heavy atom. The van der Waals surface area contributed by atoms with Gasteiger partial charge in [0.1, 0.15) is 17.7 Å². The molecule has 0 radical (unpaired) electrons. The molecular formula is C22H33N3O6. The van der Waals surface area contributed by atoms with Crippen molar-refractivity contribution in [2.45, 2.75) is 82.5 Å². The minimum absolute atomic E-state index is 0.111. The van der Waals surface area contributed by atoms with Crippen molar-refractivity contribution in [2.75, 3.05) is 13.2 Å². The zero-order valence-electron chi connectivity index (χ0n) is 18.3. The Morgan fingerprint density at radius 1 is 1.29 bits per heavy atom. The van der Waals surface area contributed by atoms with Gasteiger partial charge in [0.15, 0.2) is 0 Å². The molecule has 2 aliphatic heterocycles. The van der Waals surface area contributed by atoms with E-state index in [1.165, 1.54) is 11.8 Å². The Hall–Kier alpha value is -2.42. The summed E-state index contributed by atoms with van der Waals surface area (Å²) in [6, 6.07) is -1.58. The van der Waals surface area contributed by atoms with Gasteiger partial charge in [0.25, 0.3) is 0 Å². The molecule has 3 rings (SSSR count). The molecule has 9 heteroatoms. The number of hydrogen-bond acceptors (Lipinski definition) is 7. The highest BCUT2D eigenvalue weighted by Crippen LogP contribution is 2.46. The monoisotopic (exact) mass is 435 g/mol. The lowest BCUT2D eigenvalue weighted by molar-refractivity contribution is -0.150. The molecule has 2 heterocycles. The number of rotatable bonds is 3. The Kier molecular flexibility index (Phi) is 7.35. The highest BCUT2D eigenvalue weighted by atomic mass is 16.5. The average Bonchev–Trinajstić information content (AvgIpc) is 3.24. The van der Waals surface area contributed by atoms with Gasteiger partial charge in [0.05, 0.1) is 19.2 Å². The third kappa shape index (κ3) is 5.26. The van der Waals surface area contributed by atoms with Crippen LogP contribution in [-0.2, 0) is 28.7 Å². The van der Waals surface area contributed by atoms with Gasteiger partial charge < -0.3 is 25.4 Å². The molecule has 1 saturated carbocycles. The Labute approximate surface area is 182 Å². The molecule has 5 atom stereocenters. The van der Waals surface area contributed by atoms with Crippen LogP contribution in [-0.4, -0.2) is 65.5 Å². The van der Waals surface area contributed by atoms with Crippen LogP contribution in [0.3, 0.4) is 0 Å². The molecule has 31 heavy (non-hydrogen) atoms. The van der Waals surface area contributed by atoms with Crippen LogP contribution in [0.5, 0.6) is 0 Å². The van der Waals surface area contributed by atoms with E-state index in [9.17, 15) is 19.2 Å². The summed E-state index contributed by atoms with van der Waals surface area (Å²) in [6.07, 6.45) is 8.17. The second-order valence-electron chi connectivity index (χ2n) is 8.64. The maximum absolute atomic E-state index is 13.2. The summed E-state index contributed by atoms with van der Waals surface area (Å²) in [4.78, 5) is 51.8. The van der Waals surface area contributed by atoms with Crippen LogP contribution in [0.2, 0.25) is 0 Å². The minimum Gasteiger partial charge on any atom is -0.464 e. The van der Waals surface area contributed by atoms with Gasteiger partial charge >= 0.3 is 11.9 Å². The van der Waals surface area contributed by atoms with E-state index in [0.29, 0.717) is 12.8 Å². The molecule has 1 saturated heterocycles. The minimum atomic E-state index is -1.11. The lowest BCUT2D eigenvalue weighted by atomic mass is 10.1. The van der Waals surface area contributed by atoms with E-state index in [2.05, 4.69) is 5.32 Å². The van der Waals surface area contributed by atoms with E-state index in [1.807, 2.05) is 12.2 Å². The van der Waals surface area contributed by atoms with Gasteiger partial charge in [0, 0.05) is 19.3 Å². The fourth-order valence-corrected chi connectivity index (χ4v) is 4.52. The van der Waals surface area contributed by atoms with Crippen molar-refractivity contribution in [2.24, 2.45) is 11.7 Å². The first-order valence-corrected chi connectivity index (χ1v) is 11.2. The number of esters is 2. The number of carbonyl (C=O) groups excluding carboxylic acids is 4. The topological polar surface area (TPSA) is 128 Å². The fraction of sp³-hybridized carbons (Fsp3) is 0.727. The number of nitrogens with one attached hydrogen (secondary N) is 1. The van der Waals surface area contributed by atoms with E-state index in [0.717, 1.165) is 25.7 Å². The predicted octanol–water partition coefficient (Wildman–Crippen LogP) is 0.805. The predicted molar refractivity (Wildman–Crippen MR) is 111 cm³/mol. The van der Waals surface area contributed by atoms with Gasteiger partial charge in [-0.15, -0.1) is 0 Å². The molecule has 172 valence electrons. The Bertz CT molecular complexity index is 754. The molecule has 9 nitrogen and oxygen atoms in total. The number of fused-ring (bicyclic) bond motifs is 2. The Balaban J connectivity index is 1.86. The molecule has 0 unspecified atom stereocenters. The molecular weight excluding hydrogens is 402 g/mol. The van der Waals surface area contributed by atoms with Gasteiger partial charge in [-0.3, -0.25) is 14.4 Å². The van der Waals surface area contributed by atoms with E-state index in [1.54, 1.807) is 6.92 Å². The molecule has 0 aromatic carbocycles. The number of nitrogens with two attached hydrogens (primary N) is 1. The summed E-state index contributed by atoms with van der Waals surface area (Å²) in [6.45, 7) is 3.34. The molecule has 0 aromatic heterocycles. The summed E-state index contributed by atoms with van der Waals surface area (Å²) in [5.74, 6) is -1.86. The Morgan fingerprint density at radius 3 is 2.77 bits per heavy atom. The van der Waals surface area contributed by atoms with Crippen molar-refractivity contribution in [3.05, 3.63) is 12.2 Å². The SMILES string of the molecule is CCOC(=O)[C@@]12C[C@@H]1/C=C\CCCCC[C@H](N)C(=O)N1C[C@H](OC(C)=O)C[C@H]1C(=O)N2.